The maximum absolute atomic E-state index is 14.9. The van der Waals surface area contributed by atoms with Gasteiger partial charge in [-0.2, -0.15) is 8.78 Å². The fourth-order valence-corrected chi connectivity index (χ4v) is 4.20. The van der Waals surface area contributed by atoms with Gasteiger partial charge in [0, 0.05) is 28.9 Å². The molecule has 214 valence electrons. The second-order valence-electron chi connectivity index (χ2n) is 10.1. The number of aromatic nitrogens is 1. The zero-order valence-electron chi connectivity index (χ0n) is 22.8. The molecule has 1 aromatic heterocycles. The largest absolute Gasteiger partial charge is 0.495 e. The molecule has 1 fully saturated rings. The third kappa shape index (κ3) is 6.36. The SMILES string of the molecule is CC(C)(O)c1cc(C2CN(C=O)C2(F)F)nc(-c2ccc(F)cc2)c1F.COc1cc(C)cc(/C=C(/C)N)c1N. The summed E-state index contributed by atoms with van der Waals surface area (Å²) in [7, 11) is 1.61. The van der Waals surface area contributed by atoms with Crippen LogP contribution in [0.5, 0.6) is 5.75 Å². The lowest BCUT2D eigenvalue weighted by Gasteiger charge is -2.45. The standard InChI is InChI=1S/C18H16F4N2O2.C11H16N2O/c1-17(2,26)12-7-14(13-8-24(9-25)18(13,21)22)23-16(15(12)20)10-3-5-11(19)6-4-10;1-7-4-9(6-8(2)12)11(13)10(5-7)14-3/h3-7,9,13,26H,8H2,1-2H3;4-6H,12-13H2,1-3H3/b;8-6-. The number of alkyl halides is 2. The zero-order valence-corrected chi connectivity index (χ0v) is 22.8. The number of methoxy groups -OCH3 is 1. The minimum absolute atomic E-state index is 0.0395. The summed E-state index contributed by atoms with van der Waals surface area (Å²) >= 11 is 0. The molecule has 1 amide bonds. The van der Waals surface area contributed by atoms with Crippen LogP contribution < -0.4 is 16.2 Å². The highest BCUT2D eigenvalue weighted by Gasteiger charge is 2.57. The summed E-state index contributed by atoms with van der Waals surface area (Å²) in [6.07, 6.45) is 1.88. The third-order valence-corrected chi connectivity index (χ3v) is 6.34. The molecule has 0 radical (unpaired) electrons. The van der Waals surface area contributed by atoms with Gasteiger partial charge in [0.05, 0.1) is 24.1 Å². The van der Waals surface area contributed by atoms with Crippen LogP contribution in [-0.2, 0) is 10.4 Å². The molecule has 2 aromatic carbocycles. The molecule has 1 saturated heterocycles. The van der Waals surface area contributed by atoms with Crippen molar-refractivity contribution in [1.29, 1.82) is 0 Å². The molecule has 0 saturated carbocycles. The maximum atomic E-state index is 14.9. The average Bonchev–Trinajstić information content (AvgIpc) is 2.86. The van der Waals surface area contributed by atoms with Crippen LogP contribution in [0.25, 0.3) is 17.3 Å². The Morgan fingerprint density at radius 3 is 2.33 bits per heavy atom. The van der Waals surface area contributed by atoms with E-state index in [1.54, 1.807) is 7.11 Å². The molecule has 5 N–H and O–H groups in total. The van der Waals surface area contributed by atoms with Crippen LogP contribution in [0.4, 0.5) is 23.2 Å². The number of benzene rings is 2. The lowest BCUT2D eigenvalue weighted by atomic mass is 9.88. The Balaban J connectivity index is 0.000000267. The molecule has 4 rings (SSSR count). The van der Waals surface area contributed by atoms with Crippen molar-refractivity contribution < 1.29 is 32.2 Å². The minimum atomic E-state index is -3.45. The monoisotopic (exact) mass is 560 g/mol. The lowest BCUT2D eigenvalue weighted by Crippen LogP contribution is -2.59. The smallest absolute Gasteiger partial charge is 0.337 e. The van der Waals surface area contributed by atoms with E-state index in [0.29, 0.717) is 16.3 Å². The summed E-state index contributed by atoms with van der Waals surface area (Å²) in [5, 5.41) is 10.2. The van der Waals surface area contributed by atoms with Crippen molar-refractivity contribution in [3.8, 4) is 17.0 Å². The predicted molar refractivity (Wildman–Crippen MR) is 145 cm³/mol. The molecule has 11 heteroatoms. The van der Waals surface area contributed by atoms with E-state index in [-0.39, 0.29) is 35.5 Å². The van der Waals surface area contributed by atoms with Crippen LogP contribution in [0.3, 0.4) is 0 Å². The Labute approximate surface area is 230 Å². The quantitative estimate of drug-likeness (QED) is 0.163. The predicted octanol–water partition coefficient (Wildman–Crippen LogP) is 5.31. The van der Waals surface area contributed by atoms with Gasteiger partial charge in [-0.25, -0.2) is 13.8 Å². The second kappa shape index (κ2) is 11.5. The summed E-state index contributed by atoms with van der Waals surface area (Å²) in [6.45, 7) is 6.18. The minimum Gasteiger partial charge on any atom is -0.495 e. The molecule has 0 spiro atoms. The van der Waals surface area contributed by atoms with Crippen LogP contribution in [0.15, 0.2) is 48.2 Å². The van der Waals surface area contributed by atoms with Crippen LogP contribution in [0.2, 0.25) is 0 Å². The highest BCUT2D eigenvalue weighted by molar-refractivity contribution is 5.72. The highest BCUT2D eigenvalue weighted by Crippen LogP contribution is 2.46. The van der Waals surface area contributed by atoms with Gasteiger partial charge in [-0.3, -0.25) is 9.69 Å². The first-order valence-electron chi connectivity index (χ1n) is 12.3. The molecule has 1 aliphatic rings. The van der Waals surface area contributed by atoms with E-state index in [4.69, 9.17) is 16.2 Å². The number of halogens is 4. The van der Waals surface area contributed by atoms with Gasteiger partial charge >= 0.3 is 6.05 Å². The average molecular weight is 561 g/mol. The number of nitrogen functional groups attached to an aromatic ring is 1. The van der Waals surface area contributed by atoms with Crippen LogP contribution in [0, 0.1) is 18.6 Å². The number of pyridine rings is 1. The van der Waals surface area contributed by atoms with Crippen molar-refractivity contribution in [2.45, 2.75) is 45.3 Å². The number of amides is 1. The number of carbonyl (C=O) groups is 1. The van der Waals surface area contributed by atoms with E-state index in [2.05, 4.69) is 4.98 Å². The highest BCUT2D eigenvalue weighted by atomic mass is 19.3. The van der Waals surface area contributed by atoms with Gasteiger partial charge in [-0.1, -0.05) is 0 Å². The van der Waals surface area contributed by atoms with Crippen LogP contribution >= 0.6 is 0 Å². The number of aliphatic hydroxyl groups is 1. The van der Waals surface area contributed by atoms with Gasteiger partial charge in [0.2, 0.25) is 6.41 Å². The molecule has 40 heavy (non-hydrogen) atoms. The number of hydrogen-bond acceptors (Lipinski definition) is 6. The zero-order chi connectivity index (χ0) is 30.0. The van der Waals surface area contributed by atoms with E-state index in [1.165, 1.54) is 26.0 Å². The number of rotatable bonds is 6. The Morgan fingerprint density at radius 1 is 1.20 bits per heavy atom. The number of allylic oxidation sites excluding steroid dienone is 1. The van der Waals surface area contributed by atoms with Gasteiger partial charge in [-0.05, 0) is 81.8 Å². The van der Waals surface area contributed by atoms with Crippen LogP contribution in [0.1, 0.15) is 49.1 Å². The molecule has 3 aromatic rings. The fraction of sp³-hybridized carbons (Fsp3) is 0.310. The number of ether oxygens (including phenoxy) is 1. The second-order valence-corrected chi connectivity index (χ2v) is 10.1. The van der Waals surface area contributed by atoms with Gasteiger partial charge in [0.25, 0.3) is 0 Å². The van der Waals surface area contributed by atoms with Crippen molar-refractivity contribution in [3.05, 3.63) is 82.2 Å². The van der Waals surface area contributed by atoms with E-state index in [0.717, 1.165) is 35.0 Å². The van der Waals surface area contributed by atoms with Crippen molar-refractivity contribution in [2.24, 2.45) is 5.73 Å². The Bertz CT molecular complexity index is 1420. The number of nitrogens with zero attached hydrogens (tertiary/aromatic N) is 2. The van der Waals surface area contributed by atoms with Gasteiger partial charge in [-0.15, -0.1) is 0 Å². The Morgan fingerprint density at radius 2 is 1.82 bits per heavy atom. The van der Waals surface area contributed by atoms with E-state index in [1.807, 2.05) is 32.1 Å². The van der Waals surface area contributed by atoms with Crippen molar-refractivity contribution in [3.63, 3.8) is 0 Å². The van der Waals surface area contributed by atoms with E-state index in [9.17, 15) is 27.5 Å². The number of nitrogens with two attached hydrogens (primary N) is 2. The van der Waals surface area contributed by atoms with Gasteiger partial charge < -0.3 is 21.3 Å². The molecule has 1 unspecified atom stereocenters. The third-order valence-electron chi connectivity index (χ3n) is 6.34. The fourth-order valence-electron chi connectivity index (χ4n) is 4.20. The van der Waals surface area contributed by atoms with E-state index < -0.39 is 29.2 Å². The van der Waals surface area contributed by atoms with Crippen molar-refractivity contribution in [1.82, 2.24) is 9.88 Å². The number of hydrogen-bond donors (Lipinski definition) is 3. The summed E-state index contributed by atoms with van der Waals surface area (Å²) in [4.78, 5) is 15.0. The van der Waals surface area contributed by atoms with Gasteiger partial charge in [0.1, 0.15) is 23.2 Å². The lowest BCUT2D eigenvalue weighted by molar-refractivity contribution is -0.223. The molecular weight excluding hydrogens is 528 g/mol. The summed E-state index contributed by atoms with van der Waals surface area (Å²) < 4.78 is 61.4. The number of likely N-dealkylation sites (tertiary alicyclic amines) is 1. The molecule has 0 aliphatic carbocycles. The molecule has 7 nitrogen and oxygen atoms in total. The summed E-state index contributed by atoms with van der Waals surface area (Å²) in [5.41, 5.74) is 12.8. The summed E-state index contributed by atoms with van der Waals surface area (Å²) in [5.74, 6) is -2.14. The van der Waals surface area contributed by atoms with Crippen LogP contribution in [-0.4, -0.2) is 41.1 Å². The Hall–Kier alpha value is -4.12. The number of aryl methyl sites for hydroxylation is 1. The number of carbonyl (C=O) groups excluding carboxylic acids is 1. The molecule has 1 aliphatic heterocycles. The first-order chi connectivity index (χ1) is 18.6. The normalized spacial score (nSPS) is 16.5. The number of anilines is 1. The first kappa shape index (κ1) is 30.4. The van der Waals surface area contributed by atoms with Crippen molar-refractivity contribution in [2.75, 3.05) is 19.4 Å². The summed E-state index contributed by atoms with van der Waals surface area (Å²) in [6, 6.07) is 6.25. The van der Waals surface area contributed by atoms with Gasteiger partial charge in [0.15, 0.2) is 5.82 Å². The van der Waals surface area contributed by atoms with Crippen molar-refractivity contribution >= 4 is 18.2 Å². The molecule has 2 heterocycles. The topological polar surface area (TPSA) is 115 Å². The Kier molecular flexibility index (Phi) is 8.78. The maximum Gasteiger partial charge on any atom is 0.337 e. The van der Waals surface area contributed by atoms with E-state index >= 15 is 0 Å². The molecule has 0 bridgehead atoms. The molecular formula is C29H32F4N4O3. The molecule has 1 atom stereocenters. The first-order valence-corrected chi connectivity index (χ1v) is 12.3.